The van der Waals surface area contributed by atoms with Gasteiger partial charge in [-0.3, -0.25) is 4.79 Å². The summed E-state index contributed by atoms with van der Waals surface area (Å²) < 4.78 is 36.8. The average molecular weight is 423 g/mol. The highest BCUT2D eigenvalue weighted by Gasteiger charge is 2.26. The van der Waals surface area contributed by atoms with E-state index in [0.717, 1.165) is 19.3 Å². The van der Waals surface area contributed by atoms with E-state index < -0.39 is 16.0 Å². The van der Waals surface area contributed by atoms with Gasteiger partial charge in [0.15, 0.2) is 6.61 Å². The van der Waals surface area contributed by atoms with Gasteiger partial charge in [0.05, 0.1) is 18.1 Å². The van der Waals surface area contributed by atoms with Crippen molar-refractivity contribution in [2.75, 3.05) is 46.0 Å². The maximum atomic E-state index is 12.6. The molecule has 2 heterocycles. The normalized spacial score (nSPS) is 18.7. The molecule has 29 heavy (non-hydrogen) atoms. The van der Waals surface area contributed by atoms with Crippen LogP contribution < -0.4 is 0 Å². The zero-order valence-electron chi connectivity index (χ0n) is 16.3. The van der Waals surface area contributed by atoms with Crippen LogP contribution in [0.25, 0.3) is 6.08 Å². The Kier molecular flexibility index (Phi) is 7.40. The molecule has 3 rings (SSSR count). The molecule has 1 amide bonds. The Balaban J connectivity index is 1.51. The molecule has 2 fully saturated rings. The first kappa shape index (κ1) is 21.5. The van der Waals surface area contributed by atoms with Gasteiger partial charge < -0.3 is 14.4 Å². The maximum absolute atomic E-state index is 12.6. The van der Waals surface area contributed by atoms with Gasteiger partial charge in [0.25, 0.3) is 5.91 Å². The first-order chi connectivity index (χ1) is 14.0. The van der Waals surface area contributed by atoms with Crippen LogP contribution in [0.15, 0.2) is 35.2 Å². The number of ether oxygens (including phenoxy) is 2. The molecule has 0 aliphatic carbocycles. The summed E-state index contributed by atoms with van der Waals surface area (Å²) >= 11 is 0. The number of likely N-dealkylation sites (tertiary alicyclic amines) is 1. The number of carbonyl (C=O) groups is 2. The van der Waals surface area contributed by atoms with Crippen molar-refractivity contribution in [2.24, 2.45) is 0 Å². The summed E-state index contributed by atoms with van der Waals surface area (Å²) in [5.41, 5.74) is 0.658. The number of sulfonamides is 1. The van der Waals surface area contributed by atoms with Crippen molar-refractivity contribution in [3.8, 4) is 0 Å². The minimum Gasteiger partial charge on any atom is -0.452 e. The lowest BCUT2D eigenvalue weighted by molar-refractivity contribution is -0.148. The molecule has 8 nitrogen and oxygen atoms in total. The van der Waals surface area contributed by atoms with Gasteiger partial charge in [-0.2, -0.15) is 4.31 Å². The lowest BCUT2D eigenvalue weighted by Gasteiger charge is -2.26. The maximum Gasteiger partial charge on any atom is 0.331 e. The Morgan fingerprint density at radius 1 is 1.00 bits per heavy atom. The molecule has 158 valence electrons. The standard InChI is InChI=1S/C20H26N2O6S/c23-19(21-10-2-1-3-11-21)16-28-20(24)9-6-17-4-7-18(8-5-17)29(25,26)22-12-14-27-15-13-22/h4-9H,1-3,10-16H2. The van der Waals surface area contributed by atoms with E-state index in [2.05, 4.69) is 0 Å². The number of benzene rings is 1. The Hall–Kier alpha value is -2.23. The first-order valence-electron chi connectivity index (χ1n) is 9.77. The van der Waals surface area contributed by atoms with Crippen molar-refractivity contribution in [1.29, 1.82) is 0 Å². The van der Waals surface area contributed by atoms with E-state index in [4.69, 9.17) is 9.47 Å². The van der Waals surface area contributed by atoms with Gasteiger partial charge in [-0.15, -0.1) is 0 Å². The summed E-state index contributed by atoms with van der Waals surface area (Å²) in [4.78, 5) is 25.8. The lowest BCUT2D eigenvalue weighted by atomic mass is 10.1. The molecular weight excluding hydrogens is 396 g/mol. The van der Waals surface area contributed by atoms with E-state index in [1.54, 1.807) is 17.0 Å². The first-order valence-corrected chi connectivity index (χ1v) is 11.2. The number of morpholine rings is 1. The van der Waals surface area contributed by atoms with Gasteiger partial charge >= 0.3 is 5.97 Å². The fourth-order valence-corrected chi connectivity index (χ4v) is 4.67. The number of hydrogen-bond donors (Lipinski definition) is 0. The summed E-state index contributed by atoms with van der Waals surface area (Å²) in [6, 6.07) is 6.26. The van der Waals surface area contributed by atoms with Crippen LogP contribution in [0.5, 0.6) is 0 Å². The quantitative estimate of drug-likeness (QED) is 0.506. The number of rotatable bonds is 6. The zero-order chi connectivity index (χ0) is 20.7. The molecule has 2 saturated heterocycles. The van der Waals surface area contributed by atoms with Crippen LogP contribution in [0.2, 0.25) is 0 Å². The van der Waals surface area contributed by atoms with E-state index in [-0.39, 0.29) is 17.4 Å². The second-order valence-corrected chi connectivity index (χ2v) is 8.91. The molecule has 0 atom stereocenters. The van der Waals surface area contributed by atoms with E-state index in [1.807, 2.05) is 0 Å². The molecule has 0 aromatic heterocycles. The van der Waals surface area contributed by atoms with Crippen molar-refractivity contribution in [3.05, 3.63) is 35.9 Å². The molecular formula is C20H26N2O6S. The third kappa shape index (κ3) is 5.88. The SMILES string of the molecule is O=C(C=Cc1ccc(S(=O)(=O)N2CCOCC2)cc1)OCC(=O)N1CCCCC1. The van der Waals surface area contributed by atoms with Crippen molar-refractivity contribution in [3.63, 3.8) is 0 Å². The van der Waals surface area contributed by atoms with E-state index in [9.17, 15) is 18.0 Å². The minimum atomic E-state index is -3.54. The Morgan fingerprint density at radius 3 is 2.31 bits per heavy atom. The molecule has 9 heteroatoms. The van der Waals surface area contributed by atoms with Crippen molar-refractivity contribution < 1.29 is 27.5 Å². The fourth-order valence-electron chi connectivity index (χ4n) is 3.27. The fraction of sp³-hybridized carbons (Fsp3) is 0.500. The van der Waals surface area contributed by atoms with Crippen molar-refractivity contribution in [1.82, 2.24) is 9.21 Å². The highest BCUT2D eigenvalue weighted by molar-refractivity contribution is 7.89. The molecule has 2 aliphatic heterocycles. The van der Waals surface area contributed by atoms with Gasteiger partial charge in [0.2, 0.25) is 10.0 Å². The zero-order valence-corrected chi connectivity index (χ0v) is 17.1. The molecule has 1 aromatic rings. The number of amides is 1. The van der Waals surface area contributed by atoms with Crippen LogP contribution in [0.4, 0.5) is 0 Å². The topological polar surface area (TPSA) is 93.2 Å². The van der Waals surface area contributed by atoms with Crippen LogP contribution >= 0.6 is 0 Å². The van der Waals surface area contributed by atoms with E-state index in [0.29, 0.717) is 45.0 Å². The summed E-state index contributed by atoms with van der Waals surface area (Å²) in [5.74, 6) is -0.788. The van der Waals surface area contributed by atoms with Gasteiger partial charge in [0.1, 0.15) is 0 Å². The van der Waals surface area contributed by atoms with Crippen LogP contribution in [0, 0.1) is 0 Å². The van der Waals surface area contributed by atoms with Gasteiger partial charge in [-0.1, -0.05) is 12.1 Å². The highest BCUT2D eigenvalue weighted by Crippen LogP contribution is 2.18. The van der Waals surface area contributed by atoms with E-state index in [1.165, 1.54) is 28.6 Å². The lowest BCUT2D eigenvalue weighted by Crippen LogP contribution is -2.40. The third-order valence-electron chi connectivity index (χ3n) is 4.95. The monoisotopic (exact) mass is 422 g/mol. The second kappa shape index (κ2) is 10.00. The molecule has 0 N–H and O–H groups in total. The van der Waals surface area contributed by atoms with Crippen molar-refractivity contribution in [2.45, 2.75) is 24.2 Å². The van der Waals surface area contributed by atoms with Crippen LogP contribution in [-0.2, 0) is 29.1 Å². The van der Waals surface area contributed by atoms with Crippen molar-refractivity contribution >= 4 is 28.0 Å². The number of nitrogens with zero attached hydrogens (tertiary/aromatic N) is 2. The predicted octanol–water partition coefficient (Wildman–Crippen LogP) is 1.28. The minimum absolute atomic E-state index is 0.177. The van der Waals surface area contributed by atoms with E-state index >= 15 is 0 Å². The van der Waals surface area contributed by atoms with Gasteiger partial charge in [0, 0.05) is 32.3 Å². The molecule has 0 spiro atoms. The largest absolute Gasteiger partial charge is 0.452 e. The second-order valence-electron chi connectivity index (χ2n) is 6.97. The predicted molar refractivity (Wildman–Crippen MR) is 106 cm³/mol. The van der Waals surface area contributed by atoms with Gasteiger partial charge in [-0.05, 0) is 43.0 Å². The smallest absolute Gasteiger partial charge is 0.331 e. The van der Waals surface area contributed by atoms with Crippen LogP contribution in [-0.4, -0.2) is 75.5 Å². The Bertz CT molecular complexity index is 838. The Labute approximate surface area is 171 Å². The molecule has 0 bridgehead atoms. The van der Waals surface area contributed by atoms with Crippen LogP contribution in [0.1, 0.15) is 24.8 Å². The van der Waals surface area contributed by atoms with Crippen LogP contribution in [0.3, 0.4) is 0 Å². The Morgan fingerprint density at radius 2 is 1.66 bits per heavy atom. The summed E-state index contributed by atoms with van der Waals surface area (Å²) in [6.45, 7) is 2.63. The molecule has 0 unspecified atom stereocenters. The number of esters is 1. The number of piperidine rings is 1. The third-order valence-corrected chi connectivity index (χ3v) is 6.86. The molecule has 0 radical (unpaired) electrons. The molecule has 2 aliphatic rings. The summed E-state index contributed by atoms with van der Waals surface area (Å²) in [7, 11) is -3.54. The number of carbonyl (C=O) groups excluding carboxylic acids is 2. The van der Waals surface area contributed by atoms with Gasteiger partial charge in [-0.25, -0.2) is 13.2 Å². The summed E-state index contributed by atoms with van der Waals surface area (Å²) in [6.07, 6.45) is 5.85. The molecule has 1 aromatic carbocycles. The average Bonchev–Trinajstić information content (AvgIpc) is 2.77. The molecule has 0 saturated carbocycles. The number of hydrogen-bond acceptors (Lipinski definition) is 6. The highest BCUT2D eigenvalue weighted by atomic mass is 32.2. The summed E-state index contributed by atoms with van der Waals surface area (Å²) in [5, 5.41) is 0.